The van der Waals surface area contributed by atoms with Crippen LogP contribution in [0.5, 0.6) is 0 Å². The van der Waals surface area contributed by atoms with Gasteiger partial charge in [-0.15, -0.1) is 0 Å². The number of anilines is 1. The number of carbonyl (C=O) groups is 1. The van der Waals surface area contributed by atoms with Crippen molar-refractivity contribution < 1.29 is 14.3 Å². The summed E-state index contributed by atoms with van der Waals surface area (Å²) in [4.78, 5) is 14.7. The van der Waals surface area contributed by atoms with Crippen LogP contribution in [0.15, 0.2) is 36.5 Å². The van der Waals surface area contributed by atoms with Crippen molar-refractivity contribution in [3.05, 3.63) is 58.6 Å². The first-order chi connectivity index (χ1) is 9.06. The van der Waals surface area contributed by atoms with Crippen LogP contribution in [0.25, 0.3) is 0 Å². The number of halogens is 2. The molecule has 6 heteroatoms. The van der Waals surface area contributed by atoms with Gasteiger partial charge in [0.25, 0.3) is 0 Å². The second-order valence-electron chi connectivity index (χ2n) is 3.83. The highest BCUT2D eigenvalue weighted by atomic mass is 35.5. The van der Waals surface area contributed by atoms with Crippen molar-refractivity contribution in [3.8, 4) is 0 Å². The van der Waals surface area contributed by atoms with E-state index in [1.54, 1.807) is 12.1 Å². The monoisotopic (exact) mass is 280 g/mol. The number of nitrogens with one attached hydrogen (secondary N) is 1. The standard InChI is InChI=1S/C13H10ClFN2O2/c14-11-5-9(3-4-12(11)15)17-7-10-2-1-8(6-16-10)13(18)19/h1-6,17H,7H2,(H,18,19). The molecule has 2 rings (SSSR count). The van der Waals surface area contributed by atoms with Crippen LogP contribution in [0.4, 0.5) is 10.1 Å². The highest BCUT2D eigenvalue weighted by Gasteiger charge is 2.04. The number of hydrogen-bond acceptors (Lipinski definition) is 3. The zero-order valence-corrected chi connectivity index (χ0v) is 10.5. The molecule has 0 unspecified atom stereocenters. The third-order valence-corrected chi connectivity index (χ3v) is 2.75. The van der Waals surface area contributed by atoms with Crippen molar-refractivity contribution in [2.24, 2.45) is 0 Å². The van der Waals surface area contributed by atoms with Gasteiger partial charge >= 0.3 is 5.97 Å². The molecule has 0 bridgehead atoms. The summed E-state index contributed by atoms with van der Waals surface area (Å²) in [6.45, 7) is 0.391. The minimum Gasteiger partial charge on any atom is -0.478 e. The Morgan fingerprint density at radius 3 is 2.74 bits per heavy atom. The van der Waals surface area contributed by atoms with Crippen molar-refractivity contribution in [1.82, 2.24) is 4.98 Å². The van der Waals surface area contributed by atoms with Crippen LogP contribution in [0.3, 0.4) is 0 Å². The van der Waals surface area contributed by atoms with Gasteiger partial charge in [-0.05, 0) is 30.3 Å². The number of benzene rings is 1. The molecule has 0 amide bonds. The van der Waals surface area contributed by atoms with Crippen molar-refractivity contribution in [3.63, 3.8) is 0 Å². The summed E-state index contributed by atoms with van der Waals surface area (Å²) in [5, 5.41) is 11.8. The van der Waals surface area contributed by atoms with Gasteiger partial charge in [0.1, 0.15) is 5.82 Å². The highest BCUT2D eigenvalue weighted by molar-refractivity contribution is 6.31. The normalized spacial score (nSPS) is 10.2. The fourth-order valence-electron chi connectivity index (χ4n) is 1.45. The highest BCUT2D eigenvalue weighted by Crippen LogP contribution is 2.19. The Labute approximate surface area is 113 Å². The first-order valence-electron chi connectivity index (χ1n) is 5.43. The molecule has 0 spiro atoms. The fourth-order valence-corrected chi connectivity index (χ4v) is 1.63. The van der Waals surface area contributed by atoms with E-state index in [4.69, 9.17) is 16.7 Å². The van der Waals surface area contributed by atoms with Gasteiger partial charge in [-0.25, -0.2) is 9.18 Å². The van der Waals surface area contributed by atoms with Crippen LogP contribution in [0, 0.1) is 5.82 Å². The van der Waals surface area contributed by atoms with Crippen LogP contribution < -0.4 is 5.32 Å². The molecule has 19 heavy (non-hydrogen) atoms. The first kappa shape index (κ1) is 13.3. The second-order valence-corrected chi connectivity index (χ2v) is 4.23. The molecule has 98 valence electrons. The Balaban J connectivity index is 2.01. The number of carboxylic acids is 1. The number of aromatic nitrogens is 1. The molecule has 1 aromatic carbocycles. The summed E-state index contributed by atoms with van der Waals surface area (Å²) in [6.07, 6.45) is 1.29. The fraction of sp³-hybridized carbons (Fsp3) is 0.0769. The molecule has 0 aliphatic heterocycles. The van der Waals surface area contributed by atoms with E-state index in [-0.39, 0.29) is 10.6 Å². The molecule has 0 radical (unpaired) electrons. The first-order valence-corrected chi connectivity index (χ1v) is 5.81. The summed E-state index contributed by atoms with van der Waals surface area (Å²) < 4.78 is 13.0. The van der Waals surface area contributed by atoms with E-state index in [1.165, 1.54) is 24.4 Å². The number of aromatic carboxylic acids is 1. The molecule has 0 atom stereocenters. The lowest BCUT2D eigenvalue weighted by atomic mass is 10.2. The minimum absolute atomic E-state index is 0.0409. The Morgan fingerprint density at radius 1 is 1.37 bits per heavy atom. The largest absolute Gasteiger partial charge is 0.478 e. The van der Waals surface area contributed by atoms with E-state index in [2.05, 4.69) is 10.3 Å². The molecule has 0 aliphatic rings. The molecule has 1 aromatic heterocycles. The molecule has 4 nitrogen and oxygen atoms in total. The van der Waals surface area contributed by atoms with Crippen LogP contribution in [0.1, 0.15) is 16.1 Å². The molecule has 1 heterocycles. The lowest BCUT2D eigenvalue weighted by Crippen LogP contribution is -2.03. The predicted octanol–water partition coefficient (Wildman–Crippen LogP) is 3.18. The van der Waals surface area contributed by atoms with Gasteiger partial charge in [-0.2, -0.15) is 0 Å². The van der Waals surface area contributed by atoms with Gasteiger partial charge in [0.05, 0.1) is 22.8 Å². The average Bonchev–Trinajstić information content (AvgIpc) is 2.40. The van der Waals surface area contributed by atoms with Gasteiger partial charge in [0.2, 0.25) is 0 Å². The minimum atomic E-state index is -1.02. The summed E-state index contributed by atoms with van der Waals surface area (Å²) >= 11 is 5.66. The summed E-state index contributed by atoms with van der Waals surface area (Å²) in [5.41, 5.74) is 1.47. The second kappa shape index (κ2) is 5.67. The maximum Gasteiger partial charge on any atom is 0.337 e. The number of hydrogen-bond donors (Lipinski definition) is 2. The van der Waals surface area contributed by atoms with E-state index in [0.29, 0.717) is 17.9 Å². The average molecular weight is 281 g/mol. The van der Waals surface area contributed by atoms with E-state index in [0.717, 1.165) is 0 Å². The van der Waals surface area contributed by atoms with Gasteiger partial charge in [-0.1, -0.05) is 11.6 Å². The predicted molar refractivity (Wildman–Crippen MR) is 69.9 cm³/mol. The van der Waals surface area contributed by atoms with Crippen LogP contribution in [-0.2, 0) is 6.54 Å². The quantitative estimate of drug-likeness (QED) is 0.903. The summed E-state index contributed by atoms with van der Waals surface area (Å²) in [6, 6.07) is 7.40. The number of carboxylic acid groups (broad SMARTS) is 1. The Kier molecular flexibility index (Phi) is 3.97. The van der Waals surface area contributed by atoms with Crippen LogP contribution in [-0.4, -0.2) is 16.1 Å². The van der Waals surface area contributed by atoms with E-state index in [9.17, 15) is 9.18 Å². The molecule has 2 N–H and O–H groups in total. The van der Waals surface area contributed by atoms with Gasteiger partial charge < -0.3 is 10.4 Å². The molecule has 0 aliphatic carbocycles. The van der Waals surface area contributed by atoms with Gasteiger partial charge in [-0.3, -0.25) is 4.98 Å². The molecule has 0 fully saturated rings. The van der Waals surface area contributed by atoms with Gasteiger partial charge in [0.15, 0.2) is 0 Å². The van der Waals surface area contributed by atoms with Crippen LogP contribution in [0.2, 0.25) is 5.02 Å². The Bertz CT molecular complexity index is 602. The third kappa shape index (κ3) is 3.42. The Hall–Kier alpha value is -2.14. The number of rotatable bonds is 4. The molecule has 2 aromatic rings. The number of pyridine rings is 1. The Morgan fingerprint density at radius 2 is 2.16 bits per heavy atom. The van der Waals surface area contributed by atoms with E-state index in [1.807, 2.05) is 0 Å². The number of nitrogens with zero attached hydrogens (tertiary/aromatic N) is 1. The van der Waals surface area contributed by atoms with Crippen molar-refractivity contribution in [2.75, 3.05) is 5.32 Å². The topological polar surface area (TPSA) is 62.2 Å². The van der Waals surface area contributed by atoms with Gasteiger partial charge in [0, 0.05) is 11.9 Å². The zero-order valence-electron chi connectivity index (χ0n) is 9.73. The molecular weight excluding hydrogens is 271 g/mol. The lowest BCUT2D eigenvalue weighted by Gasteiger charge is -2.06. The molecule has 0 saturated carbocycles. The van der Waals surface area contributed by atoms with E-state index < -0.39 is 11.8 Å². The van der Waals surface area contributed by atoms with Crippen LogP contribution >= 0.6 is 11.6 Å². The van der Waals surface area contributed by atoms with Crippen molar-refractivity contribution in [1.29, 1.82) is 0 Å². The molecular formula is C13H10ClFN2O2. The maximum absolute atomic E-state index is 13.0. The SMILES string of the molecule is O=C(O)c1ccc(CNc2ccc(F)c(Cl)c2)nc1. The maximum atomic E-state index is 13.0. The third-order valence-electron chi connectivity index (χ3n) is 2.46. The summed E-state index contributed by atoms with van der Waals surface area (Å²) in [5.74, 6) is -1.49. The molecule has 0 saturated heterocycles. The van der Waals surface area contributed by atoms with Crippen molar-refractivity contribution >= 4 is 23.3 Å². The smallest absolute Gasteiger partial charge is 0.337 e. The summed E-state index contributed by atoms with van der Waals surface area (Å²) in [7, 11) is 0. The van der Waals surface area contributed by atoms with Crippen molar-refractivity contribution in [2.45, 2.75) is 6.54 Å². The zero-order chi connectivity index (χ0) is 13.8. The van der Waals surface area contributed by atoms with E-state index >= 15 is 0 Å². The lowest BCUT2D eigenvalue weighted by molar-refractivity contribution is 0.0696.